The highest BCUT2D eigenvalue weighted by molar-refractivity contribution is 6.03. The van der Waals surface area contributed by atoms with Gasteiger partial charge in [0.05, 0.1) is 0 Å². The van der Waals surface area contributed by atoms with E-state index in [-0.39, 0.29) is 11.4 Å². The predicted octanol–water partition coefficient (Wildman–Crippen LogP) is 4.35. The summed E-state index contributed by atoms with van der Waals surface area (Å²) in [7, 11) is 0. The lowest BCUT2D eigenvalue weighted by atomic mass is 10.2. The maximum absolute atomic E-state index is 13.3. The Morgan fingerprint density at radius 3 is 2.21 bits per heavy atom. The van der Waals surface area contributed by atoms with E-state index in [1.165, 1.54) is 24.6 Å². The van der Waals surface area contributed by atoms with Gasteiger partial charge in [0, 0.05) is 30.0 Å². The van der Waals surface area contributed by atoms with E-state index in [2.05, 4.69) is 37.9 Å². The number of nitrogens with zero attached hydrogens (tertiary/aromatic N) is 3. The first-order chi connectivity index (χ1) is 14.1. The van der Waals surface area contributed by atoms with Crippen molar-refractivity contribution < 1.29 is 13.6 Å². The molecule has 148 valence electrons. The Morgan fingerprint density at radius 1 is 0.862 bits per heavy atom. The van der Waals surface area contributed by atoms with Crippen LogP contribution in [-0.2, 0) is 0 Å². The number of carbonyl (C=O) groups excluding carboxylic acids is 1. The van der Waals surface area contributed by atoms with E-state index >= 15 is 0 Å². The molecule has 0 aliphatic carbocycles. The maximum atomic E-state index is 13.3. The van der Waals surface area contributed by atoms with Crippen molar-refractivity contribution in [1.82, 2.24) is 10.2 Å². The van der Waals surface area contributed by atoms with Gasteiger partial charge in [-0.1, -0.05) is 0 Å². The van der Waals surface area contributed by atoms with Gasteiger partial charge >= 0.3 is 0 Å². The number of rotatable bonds is 5. The van der Waals surface area contributed by atoms with E-state index < -0.39 is 17.5 Å². The predicted molar refractivity (Wildman–Crippen MR) is 108 cm³/mol. The monoisotopic (exact) mass is 395 g/mol. The van der Waals surface area contributed by atoms with Crippen molar-refractivity contribution >= 4 is 28.9 Å². The number of halogens is 2. The Hall–Kier alpha value is -3.55. The molecule has 4 rings (SSSR count). The number of nitrogens with one attached hydrogen (secondary N) is 2. The van der Waals surface area contributed by atoms with Gasteiger partial charge in [-0.05, 0) is 67.4 Å². The molecule has 1 aliphatic rings. The van der Waals surface area contributed by atoms with Crippen molar-refractivity contribution in [2.75, 3.05) is 28.6 Å². The lowest BCUT2D eigenvalue weighted by molar-refractivity contribution is 0.102. The van der Waals surface area contributed by atoms with Crippen LogP contribution in [0.1, 0.15) is 23.2 Å². The highest BCUT2D eigenvalue weighted by Crippen LogP contribution is 2.23. The first kappa shape index (κ1) is 18.8. The van der Waals surface area contributed by atoms with Gasteiger partial charge in [-0.2, -0.15) is 0 Å². The number of benzene rings is 2. The zero-order valence-corrected chi connectivity index (χ0v) is 15.5. The minimum Gasteiger partial charge on any atom is -0.372 e. The van der Waals surface area contributed by atoms with E-state index in [1.54, 1.807) is 12.1 Å². The molecule has 1 amide bonds. The Balaban J connectivity index is 1.37. The fourth-order valence-electron chi connectivity index (χ4n) is 3.17. The van der Waals surface area contributed by atoms with Crippen LogP contribution in [0.4, 0.5) is 31.8 Å². The van der Waals surface area contributed by atoms with Gasteiger partial charge < -0.3 is 15.5 Å². The topological polar surface area (TPSA) is 70.2 Å². The molecule has 29 heavy (non-hydrogen) atoms. The molecular formula is C21H19F2N5O. The summed E-state index contributed by atoms with van der Waals surface area (Å²) in [6, 6.07) is 14.3. The van der Waals surface area contributed by atoms with Gasteiger partial charge in [-0.3, -0.25) is 4.79 Å². The minimum atomic E-state index is -1.08. The van der Waals surface area contributed by atoms with Gasteiger partial charge in [0.15, 0.2) is 23.3 Å². The van der Waals surface area contributed by atoms with Crippen molar-refractivity contribution in [3.05, 3.63) is 71.8 Å². The summed E-state index contributed by atoms with van der Waals surface area (Å²) < 4.78 is 26.2. The second kappa shape index (κ2) is 8.22. The fourth-order valence-corrected chi connectivity index (χ4v) is 3.17. The molecule has 2 N–H and O–H groups in total. The molecule has 3 aromatic rings. The van der Waals surface area contributed by atoms with Gasteiger partial charge in [-0.25, -0.2) is 8.78 Å². The molecule has 2 aromatic carbocycles. The number of amides is 1. The summed E-state index contributed by atoms with van der Waals surface area (Å²) >= 11 is 0. The van der Waals surface area contributed by atoms with Crippen LogP contribution in [0.25, 0.3) is 0 Å². The third kappa shape index (κ3) is 4.48. The summed E-state index contributed by atoms with van der Waals surface area (Å²) in [6.45, 7) is 2.19. The lowest BCUT2D eigenvalue weighted by Crippen LogP contribution is -2.17. The number of anilines is 4. The minimum absolute atomic E-state index is 0.00834. The number of hydrogen-bond donors (Lipinski definition) is 2. The standard InChI is InChI=1S/C21H19F2N5O/c22-17-8-3-14(13-18(17)23)21(29)25-20-10-9-19(26-27-20)24-15-4-6-16(7-5-15)28-11-1-2-12-28/h3-10,13H,1-2,11-12H2,(H,24,26)(H,25,27,29). The van der Waals surface area contributed by atoms with Gasteiger partial charge in [0.2, 0.25) is 0 Å². The lowest BCUT2D eigenvalue weighted by Gasteiger charge is -2.17. The van der Waals surface area contributed by atoms with Crippen LogP contribution in [0.15, 0.2) is 54.6 Å². The largest absolute Gasteiger partial charge is 0.372 e. The normalized spacial score (nSPS) is 13.4. The summed E-state index contributed by atoms with van der Waals surface area (Å²) in [6.07, 6.45) is 2.46. The van der Waals surface area contributed by atoms with E-state index in [9.17, 15) is 13.6 Å². The summed E-state index contributed by atoms with van der Waals surface area (Å²) in [5.41, 5.74) is 2.07. The molecule has 1 fully saturated rings. The Kier molecular flexibility index (Phi) is 5.33. The van der Waals surface area contributed by atoms with Crippen molar-refractivity contribution in [1.29, 1.82) is 0 Å². The maximum Gasteiger partial charge on any atom is 0.256 e. The van der Waals surface area contributed by atoms with Gasteiger partial charge in [-0.15, -0.1) is 10.2 Å². The Labute approximate surface area is 166 Å². The third-order valence-electron chi connectivity index (χ3n) is 4.70. The first-order valence-electron chi connectivity index (χ1n) is 9.31. The van der Waals surface area contributed by atoms with Gasteiger partial charge in [0.1, 0.15) is 0 Å². The van der Waals surface area contributed by atoms with Crippen LogP contribution in [0, 0.1) is 11.6 Å². The molecule has 1 aliphatic heterocycles. The average Bonchev–Trinajstić information content (AvgIpc) is 3.27. The molecule has 0 saturated carbocycles. The van der Waals surface area contributed by atoms with Crippen LogP contribution in [0.2, 0.25) is 0 Å². The Morgan fingerprint density at radius 2 is 1.55 bits per heavy atom. The molecule has 2 heterocycles. The Bertz CT molecular complexity index is 1000. The summed E-state index contributed by atoms with van der Waals surface area (Å²) in [4.78, 5) is 14.5. The molecule has 0 unspecified atom stereocenters. The van der Waals surface area contributed by atoms with Crippen molar-refractivity contribution in [2.45, 2.75) is 12.8 Å². The zero-order chi connectivity index (χ0) is 20.2. The molecule has 6 nitrogen and oxygen atoms in total. The van der Waals surface area contributed by atoms with Gasteiger partial charge in [0.25, 0.3) is 5.91 Å². The van der Waals surface area contributed by atoms with Crippen LogP contribution < -0.4 is 15.5 Å². The molecule has 0 bridgehead atoms. The van der Waals surface area contributed by atoms with E-state index in [0.717, 1.165) is 30.9 Å². The van der Waals surface area contributed by atoms with Crippen molar-refractivity contribution in [2.24, 2.45) is 0 Å². The second-order valence-corrected chi connectivity index (χ2v) is 6.75. The SMILES string of the molecule is O=C(Nc1ccc(Nc2ccc(N3CCCC3)cc2)nn1)c1ccc(F)c(F)c1. The number of carbonyl (C=O) groups is 1. The zero-order valence-electron chi connectivity index (χ0n) is 15.5. The third-order valence-corrected chi connectivity index (χ3v) is 4.70. The first-order valence-corrected chi connectivity index (χ1v) is 9.31. The van der Waals surface area contributed by atoms with Crippen LogP contribution >= 0.6 is 0 Å². The van der Waals surface area contributed by atoms with Crippen LogP contribution in [-0.4, -0.2) is 29.2 Å². The molecule has 0 radical (unpaired) electrons. The highest BCUT2D eigenvalue weighted by Gasteiger charge is 2.12. The summed E-state index contributed by atoms with van der Waals surface area (Å²) in [5.74, 6) is -1.97. The molecule has 8 heteroatoms. The smallest absolute Gasteiger partial charge is 0.256 e. The molecule has 0 atom stereocenters. The average molecular weight is 395 g/mol. The molecule has 1 aromatic heterocycles. The van der Waals surface area contributed by atoms with Crippen LogP contribution in [0.5, 0.6) is 0 Å². The van der Waals surface area contributed by atoms with Crippen molar-refractivity contribution in [3.63, 3.8) is 0 Å². The number of aromatic nitrogens is 2. The highest BCUT2D eigenvalue weighted by atomic mass is 19.2. The van der Waals surface area contributed by atoms with E-state index in [4.69, 9.17) is 0 Å². The molecule has 1 saturated heterocycles. The number of hydrogen-bond acceptors (Lipinski definition) is 5. The molecular weight excluding hydrogens is 376 g/mol. The quantitative estimate of drug-likeness (QED) is 0.672. The summed E-state index contributed by atoms with van der Waals surface area (Å²) in [5, 5.41) is 13.6. The van der Waals surface area contributed by atoms with E-state index in [1.807, 2.05) is 12.1 Å². The second-order valence-electron chi connectivity index (χ2n) is 6.75. The fraction of sp³-hybridized carbons (Fsp3) is 0.190. The van der Waals surface area contributed by atoms with E-state index in [0.29, 0.717) is 5.82 Å². The molecule has 0 spiro atoms. The van der Waals surface area contributed by atoms with Crippen LogP contribution in [0.3, 0.4) is 0 Å². The van der Waals surface area contributed by atoms with Crippen molar-refractivity contribution in [3.8, 4) is 0 Å².